The summed E-state index contributed by atoms with van der Waals surface area (Å²) in [7, 11) is 0. The Bertz CT molecular complexity index is 609. The highest BCUT2D eigenvalue weighted by Crippen LogP contribution is 2.12. The Morgan fingerprint density at radius 3 is 2.23 bits per heavy atom. The zero-order valence-electron chi connectivity index (χ0n) is 15.1. The highest BCUT2D eigenvalue weighted by molar-refractivity contribution is 5.90. The molecule has 0 bridgehead atoms. The van der Waals surface area contributed by atoms with Crippen molar-refractivity contribution in [3.05, 3.63) is 29.8 Å². The van der Waals surface area contributed by atoms with Crippen molar-refractivity contribution in [2.75, 3.05) is 11.9 Å². The molecule has 0 aromatic heterocycles. The fourth-order valence-electron chi connectivity index (χ4n) is 2.50. The number of carbonyl (C=O) groups is 2. The van der Waals surface area contributed by atoms with Crippen LogP contribution in [0.1, 0.15) is 63.4 Å². The Morgan fingerprint density at radius 1 is 1.00 bits per heavy atom. The van der Waals surface area contributed by atoms with Crippen LogP contribution in [0.4, 0.5) is 5.69 Å². The Kier molecular flexibility index (Phi) is 14.1. The Labute approximate surface area is 162 Å². The van der Waals surface area contributed by atoms with E-state index in [1.165, 1.54) is 0 Å². The number of nitrogens with two attached hydrogens (primary N) is 1. The number of benzene rings is 1. The minimum absolute atomic E-state index is 0. The van der Waals surface area contributed by atoms with E-state index in [2.05, 4.69) is 17.2 Å². The van der Waals surface area contributed by atoms with Crippen molar-refractivity contribution < 1.29 is 14.7 Å². The molecule has 0 spiro atoms. The third-order valence-corrected chi connectivity index (χ3v) is 3.78. The van der Waals surface area contributed by atoms with Crippen LogP contribution in [-0.4, -0.2) is 23.5 Å². The summed E-state index contributed by atoms with van der Waals surface area (Å²) in [6.45, 7) is 0.316. The van der Waals surface area contributed by atoms with E-state index in [4.69, 9.17) is 10.8 Å². The van der Waals surface area contributed by atoms with Crippen molar-refractivity contribution in [3.8, 4) is 11.8 Å². The highest BCUT2D eigenvalue weighted by Gasteiger charge is 2.03. The molecule has 1 aromatic rings. The normalized spacial score (nSPS) is 9.58. The predicted molar refractivity (Wildman–Crippen MR) is 107 cm³/mol. The minimum Gasteiger partial charge on any atom is -0.481 e. The van der Waals surface area contributed by atoms with Crippen LogP contribution < -0.4 is 11.1 Å². The van der Waals surface area contributed by atoms with E-state index in [9.17, 15) is 9.59 Å². The van der Waals surface area contributed by atoms with Crippen molar-refractivity contribution in [1.29, 1.82) is 0 Å². The highest BCUT2D eigenvalue weighted by atomic mass is 35.5. The SMILES string of the molecule is Cl.NCC#Cc1cccc(NC(=O)CCCCCCCCCC(=O)O)c1. The first-order chi connectivity index (χ1) is 12.1. The summed E-state index contributed by atoms with van der Waals surface area (Å²) in [6, 6.07) is 7.44. The number of aliphatic carboxylic acids is 1. The number of anilines is 1. The number of nitrogens with one attached hydrogen (secondary N) is 1. The summed E-state index contributed by atoms with van der Waals surface area (Å²) in [5.74, 6) is 5.04. The van der Waals surface area contributed by atoms with E-state index in [0.29, 0.717) is 13.0 Å². The maximum absolute atomic E-state index is 12.0. The van der Waals surface area contributed by atoms with Crippen LogP contribution in [0.25, 0.3) is 0 Å². The molecule has 6 heteroatoms. The van der Waals surface area contributed by atoms with Crippen LogP contribution in [-0.2, 0) is 9.59 Å². The number of carboxylic acids is 1. The van der Waals surface area contributed by atoms with Crippen molar-refractivity contribution in [2.45, 2.75) is 57.8 Å². The first kappa shape index (κ1) is 24.0. The summed E-state index contributed by atoms with van der Waals surface area (Å²) >= 11 is 0. The van der Waals surface area contributed by atoms with Gasteiger partial charge in [0.15, 0.2) is 0 Å². The zero-order valence-corrected chi connectivity index (χ0v) is 15.9. The molecular weight excluding hydrogens is 352 g/mol. The van der Waals surface area contributed by atoms with Gasteiger partial charge in [-0.15, -0.1) is 12.4 Å². The molecule has 5 nitrogen and oxygen atoms in total. The molecule has 0 radical (unpaired) electrons. The predicted octanol–water partition coefficient (Wildman–Crippen LogP) is 3.95. The van der Waals surface area contributed by atoms with Gasteiger partial charge in [0.25, 0.3) is 0 Å². The zero-order chi connectivity index (χ0) is 18.3. The molecule has 1 amide bonds. The largest absolute Gasteiger partial charge is 0.481 e. The third kappa shape index (κ3) is 12.3. The Hall–Kier alpha value is -2.03. The third-order valence-electron chi connectivity index (χ3n) is 3.78. The van der Waals surface area contributed by atoms with Gasteiger partial charge in [-0.1, -0.05) is 50.0 Å². The number of carboxylic acid groups (broad SMARTS) is 1. The van der Waals surface area contributed by atoms with Crippen molar-refractivity contribution >= 4 is 30.0 Å². The first-order valence-corrected chi connectivity index (χ1v) is 8.92. The van der Waals surface area contributed by atoms with Crippen molar-refractivity contribution in [2.24, 2.45) is 5.73 Å². The number of unbranched alkanes of at least 4 members (excludes halogenated alkanes) is 6. The number of rotatable bonds is 11. The molecule has 0 aliphatic heterocycles. The fourth-order valence-corrected chi connectivity index (χ4v) is 2.50. The molecule has 1 rings (SSSR count). The summed E-state index contributed by atoms with van der Waals surface area (Å²) in [5.41, 5.74) is 6.95. The molecule has 26 heavy (non-hydrogen) atoms. The lowest BCUT2D eigenvalue weighted by Gasteiger charge is -2.06. The number of halogens is 1. The fraction of sp³-hybridized carbons (Fsp3) is 0.500. The number of carbonyl (C=O) groups excluding carboxylic acids is 1. The van der Waals surface area contributed by atoms with Crippen molar-refractivity contribution in [1.82, 2.24) is 0 Å². The average Bonchev–Trinajstić information content (AvgIpc) is 2.58. The molecule has 0 heterocycles. The van der Waals surface area contributed by atoms with Gasteiger partial charge in [0.05, 0.1) is 6.54 Å². The molecular formula is C20H29ClN2O3. The van der Waals surface area contributed by atoms with Gasteiger partial charge in [0, 0.05) is 24.1 Å². The molecule has 0 fully saturated rings. The van der Waals surface area contributed by atoms with E-state index < -0.39 is 5.97 Å². The molecule has 4 N–H and O–H groups in total. The average molecular weight is 381 g/mol. The minimum atomic E-state index is -0.719. The standard InChI is InChI=1S/C20H28N2O3.ClH/c21-15-9-11-17-10-8-12-18(16-17)22-19(23)13-6-4-2-1-3-5-7-14-20(24)25;/h8,10,12,16H,1-7,13-15,21H2,(H,22,23)(H,24,25);1H. The lowest BCUT2D eigenvalue weighted by Crippen LogP contribution is -2.11. The Morgan fingerprint density at radius 2 is 1.62 bits per heavy atom. The van der Waals surface area contributed by atoms with E-state index in [0.717, 1.165) is 56.2 Å². The lowest BCUT2D eigenvalue weighted by molar-refractivity contribution is -0.137. The summed E-state index contributed by atoms with van der Waals surface area (Å²) in [4.78, 5) is 22.3. The molecule has 0 atom stereocenters. The molecule has 0 aliphatic rings. The topological polar surface area (TPSA) is 92.4 Å². The smallest absolute Gasteiger partial charge is 0.303 e. The maximum atomic E-state index is 12.0. The van der Waals surface area contributed by atoms with Crippen LogP contribution in [0.15, 0.2) is 24.3 Å². The van der Waals surface area contributed by atoms with Gasteiger partial charge in [0.2, 0.25) is 5.91 Å². The second-order valence-corrected chi connectivity index (χ2v) is 6.00. The second-order valence-electron chi connectivity index (χ2n) is 6.00. The number of amides is 1. The molecule has 0 saturated heterocycles. The number of hydrogen-bond acceptors (Lipinski definition) is 3. The maximum Gasteiger partial charge on any atom is 0.303 e. The molecule has 0 aliphatic carbocycles. The van der Waals surface area contributed by atoms with E-state index >= 15 is 0 Å². The van der Waals surface area contributed by atoms with Gasteiger partial charge < -0.3 is 16.2 Å². The van der Waals surface area contributed by atoms with Crippen molar-refractivity contribution in [3.63, 3.8) is 0 Å². The lowest BCUT2D eigenvalue weighted by atomic mass is 10.1. The molecule has 0 unspecified atom stereocenters. The number of hydrogen-bond donors (Lipinski definition) is 3. The van der Waals surface area contributed by atoms with Gasteiger partial charge in [0.1, 0.15) is 0 Å². The quantitative estimate of drug-likeness (QED) is 0.400. The van der Waals surface area contributed by atoms with E-state index in [1.807, 2.05) is 24.3 Å². The van der Waals surface area contributed by atoms with Crippen LogP contribution >= 0.6 is 12.4 Å². The van der Waals surface area contributed by atoms with Gasteiger partial charge in [-0.2, -0.15) is 0 Å². The summed E-state index contributed by atoms with van der Waals surface area (Å²) < 4.78 is 0. The van der Waals surface area contributed by atoms with Crippen LogP contribution in [0, 0.1) is 11.8 Å². The molecule has 0 saturated carbocycles. The van der Waals surface area contributed by atoms with E-state index in [-0.39, 0.29) is 24.7 Å². The second kappa shape index (κ2) is 15.2. The van der Waals surface area contributed by atoms with Gasteiger partial charge in [-0.25, -0.2) is 0 Å². The molecule has 144 valence electrons. The molecule has 1 aromatic carbocycles. The van der Waals surface area contributed by atoms with E-state index in [1.54, 1.807) is 0 Å². The van der Waals surface area contributed by atoms with Crippen LogP contribution in [0.3, 0.4) is 0 Å². The van der Waals surface area contributed by atoms with Gasteiger partial charge in [-0.3, -0.25) is 9.59 Å². The van der Waals surface area contributed by atoms with Crippen LogP contribution in [0.2, 0.25) is 0 Å². The van der Waals surface area contributed by atoms with Gasteiger partial charge >= 0.3 is 5.97 Å². The van der Waals surface area contributed by atoms with Gasteiger partial charge in [-0.05, 0) is 31.0 Å². The summed E-state index contributed by atoms with van der Waals surface area (Å²) in [6.07, 6.45) is 7.64. The first-order valence-electron chi connectivity index (χ1n) is 8.92. The summed E-state index contributed by atoms with van der Waals surface area (Å²) in [5, 5.41) is 11.4. The van der Waals surface area contributed by atoms with Crippen LogP contribution in [0.5, 0.6) is 0 Å². The Balaban J connectivity index is 0.00000625. The monoisotopic (exact) mass is 380 g/mol.